The molecule has 1 heterocycles. The Balaban J connectivity index is 0.00000441. The molecule has 0 spiro atoms. The first-order chi connectivity index (χ1) is 10.3. The molecule has 2 N–H and O–H groups in total. The van der Waals surface area contributed by atoms with Gasteiger partial charge in [-0.3, -0.25) is 4.79 Å². The van der Waals surface area contributed by atoms with Gasteiger partial charge < -0.3 is 29.6 Å². The highest BCUT2D eigenvalue weighted by Crippen LogP contribution is 1.98. The fourth-order valence-electron chi connectivity index (χ4n) is 1.88. The zero-order valence-corrected chi connectivity index (χ0v) is 14.0. The van der Waals surface area contributed by atoms with Crippen LogP contribution in [0.5, 0.6) is 0 Å². The Hall–Kier alpha value is -0.440. The Labute approximate surface area is 138 Å². The number of hydrogen-bond donors (Lipinski definition) is 1. The second kappa shape index (κ2) is 15.5. The highest BCUT2D eigenvalue weighted by molar-refractivity contribution is 5.85. The average Bonchev–Trinajstić information content (AvgIpc) is 2.51. The summed E-state index contributed by atoms with van der Waals surface area (Å²) < 4.78 is 21.6. The zero-order chi connectivity index (χ0) is 15.2. The van der Waals surface area contributed by atoms with Gasteiger partial charge in [0.2, 0.25) is 5.91 Å². The van der Waals surface area contributed by atoms with Gasteiger partial charge in [0.05, 0.1) is 52.9 Å². The van der Waals surface area contributed by atoms with Crippen molar-refractivity contribution in [3.63, 3.8) is 0 Å². The van der Waals surface area contributed by atoms with Gasteiger partial charge in [-0.05, 0) is 13.0 Å². The summed E-state index contributed by atoms with van der Waals surface area (Å²) in [7, 11) is 0. The van der Waals surface area contributed by atoms with Crippen molar-refractivity contribution >= 4 is 18.3 Å². The number of ether oxygens (including phenoxy) is 4. The fraction of sp³-hybridized carbons (Fsp3) is 0.929. The van der Waals surface area contributed by atoms with Crippen molar-refractivity contribution in [1.82, 2.24) is 4.90 Å². The van der Waals surface area contributed by atoms with Crippen LogP contribution in [0.3, 0.4) is 0 Å². The first-order valence-electron chi connectivity index (χ1n) is 7.63. The highest BCUT2D eigenvalue weighted by atomic mass is 35.5. The maximum atomic E-state index is 12.1. The topological polar surface area (TPSA) is 83.3 Å². The molecule has 1 aliphatic heterocycles. The van der Waals surface area contributed by atoms with Crippen LogP contribution in [0.25, 0.3) is 0 Å². The van der Waals surface area contributed by atoms with E-state index in [0.29, 0.717) is 85.3 Å². The Morgan fingerprint density at radius 2 is 1.23 bits per heavy atom. The molecule has 0 atom stereocenters. The first-order valence-corrected chi connectivity index (χ1v) is 7.63. The molecule has 1 amide bonds. The van der Waals surface area contributed by atoms with Crippen molar-refractivity contribution in [2.45, 2.75) is 12.8 Å². The minimum atomic E-state index is 0. The van der Waals surface area contributed by atoms with Crippen LogP contribution in [0.15, 0.2) is 0 Å². The van der Waals surface area contributed by atoms with Gasteiger partial charge in [0.15, 0.2) is 0 Å². The summed E-state index contributed by atoms with van der Waals surface area (Å²) in [5.74, 6) is 0.101. The van der Waals surface area contributed by atoms with Gasteiger partial charge in [-0.25, -0.2) is 0 Å². The summed E-state index contributed by atoms with van der Waals surface area (Å²) >= 11 is 0. The van der Waals surface area contributed by atoms with Gasteiger partial charge in [0.1, 0.15) is 0 Å². The Morgan fingerprint density at radius 1 is 0.818 bits per heavy atom. The van der Waals surface area contributed by atoms with Crippen molar-refractivity contribution in [2.75, 3.05) is 72.5 Å². The first kappa shape index (κ1) is 21.6. The molecule has 1 fully saturated rings. The lowest BCUT2D eigenvalue weighted by molar-refractivity contribution is -0.133. The fourth-order valence-corrected chi connectivity index (χ4v) is 1.88. The van der Waals surface area contributed by atoms with Gasteiger partial charge in [0.25, 0.3) is 0 Å². The van der Waals surface area contributed by atoms with Crippen LogP contribution < -0.4 is 5.73 Å². The molecule has 0 bridgehead atoms. The second-order valence-corrected chi connectivity index (χ2v) is 4.72. The van der Waals surface area contributed by atoms with Gasteiger partial charge in [-0.2, -0.15) is 0 Å². The molecular formula is C14H29ClN2O5. The van der Waals surface area contributed by atoms with Gasteiger partial charge in [0, 0.05) is 19.5 Å². The number of nitrogens with zero attached hydrogens (tertiary/aromatic N) is 1. The quantitative estimate of drug-likeness (QED) is 0.782. The van der Waals surface area contributed by atoms with Crippen molar-refractivity contribution in [3.8, 4) is 0 Å². The summed E-state index contributed by atoms with van der Waals surface area (Å²) in [6.45, 7) is 5.96. The molecule has 0 saturated carbocycles. The second-order valence-electron chi connectivity index (χ2n) is 4.72. The lowest BCUT2D eigenvalue weighted by Crippen LogP contribution is -2.37. The van der Waals surface area contributed by atoms with Crippen LogP contribution in [0.2, 0.25) is 0 Å². The molecule has 0 aliphatic carbocycles. The third-order valence-corrected chi connectivity index (χ3v) is 3.07. The Kier molecular flexibility index (Phi) is 15.1. The van der Waals surface area contributed by atoms with Crippen molar-refractivity contribution in [2.24, 2.45) is 5.73 Å². The van der Waals surface area contributed by atoms with E-state index in [4.69, 9.17) is 24.7 Å². The summed E-state index contributed by atoms with van der Waals surface area (Å²) in [5.41, 5.74) is 5.44. The summed E-state index contributed by atoms with van der Waals surface area (Å²) in [6, 6.07) is 0. The van der Waals surface area contributed by atoms with Crippen LogP contribution in [-0.4, -0.2) is 83.3 Å². The minimum absolute atomic E-state index is 0. The largest absolute Gasteiger partial charge is 0.377 e. The normalized spacial score (nSPS) is 19.6. The van der Waals surface area contributed by atoms with E-state index < -0.39 is 0 Å². The lowest BCUT2D eigenvalue weighted by Gasteiger charge is -2.22. The maximum Gasteiger partial charge on any atom is 0.222 e. The van der Waals surface area contributed by atoms with E-state index in [1.165, 1.54) is 0 Å². The maximum absolute atomic E-state index is 12.1. The summed E-state index contributed by atoms with van der Waals surface area (Å²) in [4.78, 5) is 13.8. The molecule has 22 heavy (non-hydrogen) atoms. The molecule has 1 aliphatic rings. The molecule has 132 valence electrons. The van der Waals surface area contributed by atoms with Crippen LogP contribution in [0, 0.1) is 0 Å². The van der Waals surface area contributed by atoms with Crippen LogP contribution in [0.4, 0.5) is 0 Å². The predicted molar refractivity (Wildman–Crippen MR) is 85.4 cm³/mol. The molecular weight excluding hydrogens is 312 g/mol. The lowest BCUT2D eigenvalue weighted by atomic mass is 10.2. The molecule has 8 heteroatoms. The van der Waals surface area contributed by atoms with E-state index >= 15 is 0 Å². The molecule has 0 unspecified atom stereocenters. The third-order valence-electron chi connectivity index (χ3n) is 3.07. The summed E-state index contributed by atoms with van der Waals surface area (Å²) in [5, 5.41) is 0. The zero-order valence-electron chi connectivity index (χ0n) is 13.2. The standard InChI is InChI=1S/C14H28N2O5.ClH/c15-3-1-2-14(17)16-4-6-18-8-10-20-12-13-21-11-9-19-7-5-16;/h1-13,15H2;1H. The number of amides is 1. The number of nitrogens with two attached hydrogens (primary N) is 1. The third kappa shape index (κ3) is 11.2. The van der Waals surface area contributed by atoms with Gasteiger partial charge in [-0.1, -0.05) is 0 Å². The number of rotatable bonds is 3. The van der Waals surface area contributed by atoms with E-state index in [1.807, 2.05) is 0 Å². The average molecular weight is 341 g/mol. The Bertz CT molecular complexity index is 256. The highest BCUT2D eigenvalue weighted by Gasteiger charge is 2.12. The molecule has 1 saturated heterocycles. The van der Waals surface area contributed by atoms with Crippen molar-refractivity contribution in [1.29, 1.82) is 0 Å². The van der Waals surface area contributed by atoms with Crippen LogP contribution in [-0.2, 0) is 23.7 Å². The molecule has 1 rings (SSSR count). The number of halogens is 1. The molecule has 0 radical (unpaired) electrons. The monoisotopic (exact) mass is 340 g/mol. The molecule has 0 aromatic carbocycles. The van der Waals surface area contributed by atoms with Crippen molar-refractivity contribution in [3.05, 3.63) is 0 Å². The Morgan fingerprint density at radius 3 is 1.64 bits per heavy atom. The minimum Gasteiger partial charge on any atom is -0.377 e. The van der Waals surface area contributed by atoms with Crippen molar-refractivity contribution < 1.29 is 23.7 Å². The molecule has 0 aromatic rings. The van der Waals surface area contributed by atoms with E-state index in [9.17, 15) is 4.79 Å². The van der Waals surface area contributed by atoms with E-state index in [1.54, 1.807) is 4.90 Å². The summed E-state index contributed by atoms with van der Waals surface area (Å²) in [6.07, 6.45) is 1.18. The number of carbonyl (C=O) groups excluding carboxylic acids is 1. The van der Waals surface area contributed by atoms with Crippen LogP contribution in [0.1, 0.15) is 12.8 Å². The number of hydrogen-bond acceptors (Lipinski definition) is 6. The van der Waals surface area contributed by atoms with E-state index in [-0.39, 0.29) is 18.3 Å². The van der Waals surface area contributed by atoms with Crippen LogP contribution >= 0.6 is 12.4 Å². The van der Waals surface area contributed by atoms with Gasteiger partial charge in [-0.15, -0.1) is 12.4 Å². The van der Waals surface area contributed by atoms with E-state index in [2.05, 4.69) is 0 Å². The number of carbonyl (C=O) groups is 1. The van der Waals surface area contributed by atoms with E-state index in [0.717, 1.165) is 0 Å². The SMILES string of the molecule is Cl.NCCCC(=O)N1CCOCCOCCOCCOCC1. The molecule has 0 aromatic heterocycles. The molecule has 7 nitrogen and oxygen atoms in total. The van der Waals surface area contributed by atoms with Gasteiger partial charge >= 0.3 is 0 Å². The smallest absolute Gasteiger partial charge is 0.222 e. The predicted octanol–water partition coefficient (Wildman–Crippen LogP) is 0.0557.